The minimum absolute atomic E-state index is 0.396. The average molecular weight is 239 g/mol. The standard InChI is InChI=1S/C14H29N3/c1-14(2,11-15-3)12-17-8-6-16(7-9-17)10-13-4-5-13/h13,15H,4-12H2,1-3H3. The Morgan fingerprint density at radius 3 is 2.18 bits per heavy atom. The normalized spacial score (nSPS) is 24.2. The van der Waals surface area contributed by atoms with Crippen LogP contribution >= 0.6 is 0 Å². The fourth-order valence-corrected chi connectivity index (χ4v) is 2.94. The molecule has 0 spiro atoms. The zero-order chi connectivity index (χ0) is 12.3. The topological polar surface area (TPSA) is 18.5 Å². The van der Waals surface area contributed by atoms with E-state index in [-0.39, 0.29) is 0 Å². The molecule has 1 saturated carbocycles. The summed E-state index contributed by atoms with van der Waals surface area (Å²) in [7, 11) is 2.05. The van der Waals surface area contributed by atoms with Gasteiger partial charge in [-0.1, -0.05) is 13.8 Å². The molecule has 100 valence electrons. The van der Waals surface area contributed by atoms with Crippen LogP contribution in [0.25, 0.3) is 0 Å². The summed E-state index contributed by atoms with van der Waals surface area (Å²) in [5, 5.41) is 3.30. The molecule has 0 aromatic heterocycles. The largest absolute Gasteiger partial charge is 0.319 e. The molecular formula is C14H29N3. The van der Waals surface area contributed by atoms with Crippen molar-refractivity contribution < 1.29 is 0 Å². The first-order chi connectivity index (χ1) is 8.09. The molecule has 0 amide bonds. The summed E-state index contributed by atoms with van der Waals surface area (Å²) in [6.07, 6.45) is 2.96. The van der Waals surface area contributed by atoms with Gasteiger partial charge >= 0.3 is 0 Å². The smallest absolute Gasteiger partial charge is 0.0110 e. The van der Waals surface area contributed by atoms with Gasteiger partial charge in [0, 0.05) is 45.8 Å². The van der Waals surface area contributed by atoms with Crippen LogP contribution in [-0.2, 0) is 0 Å². The van der Waals surface area contributed by atoms with Crippen LogP contribution in [0.1, 0.15) is 26.7 Å². The van der Waals surface area contributed by atoms with Crippen molar-refractivity contribution in [3.8, 4) is 0 Å². The van der Waals surface area contributed by atoms with Gasteiger partial charge in [-0.25, -0.2) is 0 Å². The maximum absolute atomic E-state index is 3.30. The van der Waals surface area contributed by atoms with Gasteiger partial charge in [-0.15, -0.1) is 0 Å². The van der Waals surface area contributed by atoms with Gasteiger partial charge in [0.15, 0.2) is 0 Å². The summed E-state index contributed by atoms with van der Waals surface area (Å²) < 4.78 is 0. The van der Waals surface area contributed by atoms with E-state index >= 15 is 0 Å². The zero-order valence-electron chi connectivity index (χ0n) is 11.8. The van der Waals surface area contributed by atoms with Crippen molar-refractivity contribution in [1.29, 1.82) is 0 Å². The van der Waals surface area contributed by atoms with Crippen molar-refractivity contribution in [2.75, 3.05) is 52.9 Å². The highest BCUT2D eigenvalue weighted by atomic mass is 15.3. The van der Waals surface area contributed by atoms with Gasteiger partial charge < -0.3 is 15.1 Å². The van der Waals surface area contributed by atoms with Crippen LogP contribution in [-0.4, -0.2) is 62.7 Å². The number of hydrogen-bond donors (Lipinski definition) is 1. The highest BCUT2D eigenvalue weighted by Gasteiger charge is 2.28. The number of nitrogens with one attached hydrogen (secondary N) is 1. The lowest BCUT2D eigenvalue weighted by Crippen LogP contribution is -2.50. The molecule has 0 aromatic carbocycles. The Labute approximate surface area is 107 Å². The number of piperazine rings is 1. The first-order valence-corrected chi connectivity index (χ1v) is 7.18. The highest BCUT2D eigenvalue weighted by Crippen LogP contribution is 2.30. The van der Waals surface area contributed by atoms with Gasteiger partial charge in [0.05, 0.1) is 0 Å². The molecule has 2 fully saturated rings. The summed E-state index contributed by atoms with van der Waals surface area (Å²) in [6.45, 7) is 13.5. The molecule has 3 nitrogen and oxygen atoms in total. The van der Waals surface area contributed by atoms with E-state index in [0.29, 0.717) is 5.41 Å². The van der Waals surface area contributed by atoms with Gasteiger partial charge in [-0.3, -0.25) is 0 Å². The maximum Gasteiger partial charge on any atom is 0.0110 e. The van der Waals surface area contributed by atoms with Crippen molar-refractivity contribution in [2.24, 2.45) is 11.3 Å². The van der Waals surface area contributed by atoms with Crippen LogP contribution in [0, 0.1) is 11.3 Å². The Bertz CT molecular complexity index is 228. The van der Waals surface area contributed by atoms with E-state index in [0.717, 1.165) is 12.5 Å². The van der Waals surface area contributed by atoms with Crippen molar-refractivity contribution in [2.45, 2.75) is 26.7 Å². The summed E-state index contributed by atoms with van der Waals surface area (Å²) in [5.41, 5.74) is 0.396. The molecule has 0 unspecified atom stereocenters. The molecule has 17 heavy (non-hydrogen) atoms. The number of rotatable bonds is 6. The maximum atomic E-state index is 3.30. The Morgan fingerprint density at radius 1 is 1.06 bits per heavy atom. The molecule has 0 atom stereocenters. The SMILES string of the molecule is CNCC(C)(C)CN1CCN(CC2CC2)CC1. The molecule has 2 rings (SSSR count). The van der Waals surface area contributed by atoms with E-state index in [9.17, 15) is 0 Å². The molecule has 1 aliphatic heterocycles. The lowest BCUT2D eigenvalue weighted by Gasteiger charge is -2.39. The van der Waals surface area contributed by atoms with Gasteiger partial charge in [0.2, 0.25) is 0 Å². The van der Waals surface area contributed by atoms with Gasteiger partial charge in [-0.05, 0) is 31.2 Å². The molecule has 1 N–H and O–H groups in total. The molecule has 3 heteroatoms. The molecule has 1 saturated heterocycles. The second-order valence-electron chi connectivity index (χ2n) is 6.71. The Morgan fingerprint density at radius 2 is 1.65 bits per heavy atom. The highest BCUT2D eigenvalue weighted by molar-refractivity contribution is 4.83. The van der Waals surface area contributed by atoms with Gasteiger partial charge in [0.25, 0.3) is 0 Å². The third-order valence-electron chi connectivity index (χ3n) is 3.99. The monoisotopic (exact) mass is 239 g/mol. The molecule has 0 bridgehead atoms. The van der Waals surface area contributed by atoms with Crippen molar-refractivity contribution in [1.82, 2.24) is 15.1 Å². The second-order valence-corrected chi connectivity index (χ2v) is 6.71. The summed E-state index contributed by atoms with van der Waals surface area (Å²) in [5.74, 6) is 1.04. The van der Waals surface area contributed by atoms with Crippen molar-refractivity contribution in [3.63, 3.8) is 0 Å². The van der Waals surface area contributed by atoms with E-state index < -0.39 is 0 Å². The third kappa shape index (κ3) is 4.57. The lowest BCUT2D eigenvalue weighted by atomic mass is 9.92. The first-order valence-electron chi connectivity index (χ1n) is 7.18. The molecular weight excluding hydrogens is 210 g/mol. The van der Waals surface area contributed by atoms with E-state index in [1.54, 1.807) is 0 Å². The number of nitrogens with zero attached hydrogens (tertiary/aromatic N) is 2. The first kappa shape index (κ1) is 13.3. The average Bonchev–Trinajstić information content (AvgIpc) is 3.04. The predicted octanol–water partition coefficient (Wildman–Crippen LogP) is 1.26. The molecule has 0 radical (unpaired) electrons. The fourth-order valence-electron chi connectivity index (χ4n) is 2.94. The van der Waals surface area contributed by atoms with E-state index in [2.05, 4.69) is 36.0 Å². The lowest BCUT2D eigenvalue weighted by molar-refractivity contribution is 0.0945. The second kappa shape index (κ2) is 5.68. The zero-order valence-corrected chi connectivity index (χ0v) is 11.8. The summed E-state index contributed by atoms with van der Waals surface area (Å²) in [6, 6.07) is 0. The van der Waals surface area contributed by atoms with E-state index in [1.165, 1.54) is 52.1 Å². The third-order valence-corrected chi connectivity index (χ3v) is 3.99. The minimum Gasteiger partial charge on any atom is -0.319 e. The minimum atomic E-state index is 0.396. The Kier molecular flexibility index (Phi) is 4.45. The predicted molar refractivity (Wildman–Crippen MR) is 73.3 cm³/mol. The Hall–Kier alpha value is -0.120. The van der Waals surface area contributed by atoms with Crippen LogP contribution in [0.3, 0.4) is 0 Å². The molecule has 1 heterocycles. The van der Waals surface area contributed by atoms with Crippen LogP contribution in [0.2, 0.25) is 0 Å². The number of hydrogen-bond acceptors (Lipinski definition) is 3. The van der Waals surface area contributed by atoms with Gasteiger partial charge in [-0.2, -0.15) is 0 Å². The summed E-state index contributed by atoms with van der Waals surface area (Å²) >= 11 is 0. The van der Waals surface area contributed by atoms with Crippen LogP contribution < -0.4 is 5.32 Å². The van der Waals surface area contributed by atoms with E-state index in [1.807, 2.05) is 0 Å². The summed E-state index contributed by atoms with van der Waals surface area (Å²) in [4.78, 5) is 5.31. The molecule has 0 aromatic rings. The van der Waals surface area contributed by atoms with Crippen LogP contribution in [0.5, 0.6) is 0 Å². The Balaban J connectivity index is 1.67. The fraction of sp³-hybridized carbons (Fsp3) is 1.00. The molecule has 1 aliphatic carbocycles. The molecule has 2 aliphatic rings. The van der Waals surface area contributed by atoms with Crippen molar-refractivity contribution >= 4 is 0 Å². The van der Waals surface area contributed by atoms with Crippen molar-refractivity contribution in [3.05, 3.63) is 0 Å². The van der Waals surface area contributed by atoms with Crippen LogP contribution in [0.4, 0.5) is 0 Å². The van der Waals surface area contributed by atoms with Gasteiger partial charge in [0.1, 0.15) is 0 Å². The van der Waals surface area contributed by atoms with Crippen LogP contribution in [0.15, 0.2) is 0 Å². The quantitative estimate of drug-likeness (QED) is 0.753. The van der Waals surface area contributed by atoms with E-state index in [4.69, 9.17) is 0 Å².